The molecule has 2 aliphatic rings. The zero-order chi connectivity index (χ0) is 15.0. The molecule has 114 valence electrons. The van der Waals surface area contributed by atoms with Gasteiger partial charge in [-0.05, 0) is 30.5 Å². The molecule has 1 N–H and O–H groups in total. The molecule has 1 aromatic rings. The minimum atomic E-state index is -3.39. The molecule has 0 saturated carbocycles. The quantitative estimate of drug-likeness (QED) is 0.899. The fourth-order valence-corrected chi connectivity index (χ4v) is 4.43. The van der Waals surface area contributed by atoms with Crippen LogP contribution in [0.5, 0.6) is 0 Å². The molecular weight excluding hydrogens is 294 g/mol. The third kappa shape index (κ3) is 3.09. The van der Waals surface area contributed by atoms with Crippen LogP contribution in [0.3, 0.4) is 0 Å². The number of benzene rings is 1. The van der Waals surface area contributed by atoms with Gasteiger partial charge in [0, 0.05) is 13.1 Å². The lowest BCUT2D eigenvalue weighted by atomic mass is 10.1. The van der Waals surface area contributed by atoms with Crippen molar-refractivity contribution in [3.63, 3.8) is 0 Å². The number of carboxylic acid groups (broad SMARTS) is 1. The van der Waals surface area contributed by atoms with Gasteiger partial charge in [-0.3, -0.25) is 0 Å². The van der Waals surface area contributed by atoms with Crippen LogP contribution in [0.1, 0.15) is 28.8 Å². The summed E-state index contributed by atoms with van der Waals surface area (Å²) < 4.78 is 32.0. The lowest BCUT2D eigenvalue weighted by Crippen LogP contribution is -2.46. The summed E-state index contributed by atoms with van der Waals surface area (Å²) in [6.45, 7) is 0.845. The molecule has 2 fully saturated rings. The van der Waals surface area contributed by atoms with Crippen molar-refractivity contribution in [2.24, 2.45) is 0 Å². The van der Waals surface area contributed by atoms with E-state index in [9.17, 15) is 13.2 Å². The average molecular weight is 311 g/mol. The first-order chi connectivity index (χ1) is 9.94. The van der Waals surface area contributed by atoms with Crippen LogP contribution >= 0.6 is 0 Å². The molecular formula is C14H17NO5S. The molecule has 0 radical (unpaired) electrons. The molecule has 0 aromatic heterocycles. The topological polar surface area (TPSA) is 83.9 Å². The van der Waals surface area contributed by atoms with Crippen LogP contribution in [0.2, 0.25) is 0 Å². The van der Waals surface area contributed by atoms with E-state index in [1.165, 1.54) is 16.4 Å². The van der Waals surface area contributed by atoms with Crippen LogP contribution in [0, 0.1) is 0 Å². The van der Waals surface area contributed by atoms with Crippen molar-refractivity contribution in [1.29, 1.82) is 0 Å². The van der Waals surface area contributed by atoms with Crippen LogP contribution in [-0.4, -0.2) is 49.1 Å². The second-order valence-corrected chi connectivity index (χ2v) is 7.50. The van der Waals surface area contributed by atoms with Crippen LogP contribution in [-0.2, 0) is 20.5 Å². The van der Waals surface area contributed by atoms with Gasteiger partial charge >= 0.3 is 5.97 Å². The Labute approximate surface area is 123 Å². The molecule has 2 atom stereocenters. The Bertz CT molecular complexity index is 628. The summed E-state index contributed by atoms with van der Waals surface area (Å²) in [6, 6.07) is 5.96. The van der Waals surface area contributed by atoms with E-state index in [0.717, 1.165) is 12.8 Å². The SMILES string of the molecule is O=C(O)c1ccc(CS(=O)(=O)N2CC3CCC(C2)O3)cc1. The molecule has 6 nitrogen and oxygen atoms in total. The molecule has 0 amide bonds. The van der Waals surface area contributed by atoms with Crippen LogP contribution in [0.25, 0.3) is 0 Å². The highest BCUT2D eigenvalue weighted by atomic mass is 32.2. The normalized spacial score (nSPS) is 25.9. The number of ether oxygens (including phenoxy) is 1. The molecule has 7 heteroatoms. The Balaban J connectivity index is 1.72. The summed E-state index contributed by atoms with van der Waals surface area (Å²) >= 11 is 0. The van der Waals surface area contributed by atoms with Crippen molar-refractivity contribution >= 4 is 16.0 Å². The maximum atomic E-state index is 12.4. The van der Waals surface area contributed by atoms with Crippen molar-refractivity contribution in [3.05, 3.63) is 35.4 Å². The van der Waals surface area contributed by atoms with E-state index in [1.807, 2.05) is 0 Å². The maximum absolute atomic E-state index is 12.4. The minimum absolute atomic E-state index is 0.0212. The van der Waals surface area contributed by atoms with E-state index in [-0.39, 0.29) is 23.5 Å². The first-order valence-electron chi connectivity index (χ1n) is 6.89. The molecule has 1 aromatic carbocycles. The number of carboxylic acids is 1. The first-order valence-corrected chi connectivity index (χ1v) is 8.50. The van der Waals surface area contributed by atoms with E-state index < -0.39 is 16.0 Å². The number of rotatable bonds is 4. The highest BCUT2D eigenvalue weighted by Gasteiger charge is 2.38. The van der Waals surface area contributed by atoms with Gasteiger partial charge in [-0.1, -0.05) is 12.1 Å². The monoisotopic (exact) mass is 311 g/mol. The molecule has 2 heterocycles. The van der Waals surface area contributed by atoms with Crippen molar-refractivity contribution < 1.29 is 23.1 Å². The minimum Gasteiger partial charge on any atom is -0.478 e. The van der Waals surface area contributed by atoms with Crippen molar-refractivity contribution in [2.75, 3.05) is 13.1 Å². The van der Waals surface area contributed by atoms with Gasteiger partial charge in [0.1, 0.15) is 0 Å². The third-order valence-electron chi connectivity index (χ3n) is 3.95. The Hall–Kier alpha value is -1.44. The summed E-state index contributed by atoms with van der Waals surface area (Å²) in [6.07, 6.45) is 1.88. The first kappa shape index (κ1) is 14.5. The summed E-state index contributed by atoms with van der Waals surface area (Å²) in [4.78, 5) is 10.8. The number of carbonyl (C=O) groups is 1. The molecule has 0 aliphatic carbocycles. The fourth-order valence-electron chi connectivity index (χ4n) is 2.85. The predicted molar refractivity (Wildman–Crippen MR) is 75.5 cm³/mol. The fraction of sp³-hybridized carbons (Fsp3) is 0.500. The lowest BCUT2D eigenvalue weighted by Gasteiger charge is -2.31. The Morgan fingerprint density at radius 1 is 1.19 bits per heavy atom. The Morgan fingerprint density at radius 3 is 2.29 bits per heavy atom. The Kier molecular flexibility index (Phi) is 3.73. The standard InChI is InChI=1S/C14H17NO5S/c16-14(17)11-3-1-10(2-4-11)9-21(18,19)15-7-12-5-6-13(8-15)20-12/h1-4,12-13H,5-9H2,(H,16,17). The summed E-state index contributed by atoms with van der Waals surface area (Å²) in [5.74, 6) is -1.12. The molecule has 2 unspecified atom stereocenters. The van der Waals surface area contributed by atoms with Crippen LogP contribution < -0.4 is 0 Å². The summed E-state index contributed by atoms with van der Waals surface area (Å²) in [7, 11) is -3.39. The van der Waals surface area contributed by atoms with Gasteiger partial charge < -0.3 is 9.84 Å². The zero-order valence-corrected chi connectivity index (χ0v) is 12.3. The second kappa shape index (κ2) is 5.40. The second-order valence-electron chi connectivity index (χ2n) is 5.53. The van der Waals surface area contributed by atoms with Gasteiger partial charge in [0.25, 0.3) is 0 Å². The van der Waals surface area contributed by atoms with E-state index >= 15 is 0 Å². The predicted octanol–water partition coefficient (Wildman–Crippen LogP) is 1.08. The third-order valence-corrected chi connectivity index (χ3v) is 5.74. The number of nitrogens with zero attached hydrogens (tertiary/aromatic N) is 1. The van der Waals surface area contributed by atoms with Gasteiger partial charge in [-0.25, -0.2) is 13.2 Å². The summed E-state index contributed by atoms with van der Waals surface area (Å²) in [5, 5.41) is 8.84. The van der Waals surface area contributed by atoms with Crippen molar-refractivity contribution in [1.82, 2.24) is 4.31 Å². The van der Waals surface area contributed by atoms with Gasteiger partial charge in [0.2, 0.25) is 10.0 Å². The molecule has 2 bridgehead atoms. The number of aromatic carboxylic acids is 1. The van der Waals surface area contributed by atoms with Gasteiger partial charge in [-0.2, -0.15) is 4.31 Å². The summed E-state index contributed by atoms with van der Waals surface area (Å²) in [5.41, 5.74) is 0.749. The van der Waals surface area contributed by atoms with Crippen molar-refractivity contribution in [2.45, 2.75) is 30.8 Å². The molecule has 0 spiro atoms. The number of hydrogen-bond donors (Lipinski definition) is 1. The molecule has 2 aliphatic heterocycles. The van der Waals surface area contributed by atoms with Gasteiger partial charge in [0.05, 0.1) is 23.5 Å². The maximum Gasteiger partial charge on any atom is 0.335 e. The van der Waals surface area contributed by atoms with Crippen LogP contribution in [0.15, 0.2) is 24.3 Å². The average Bonchev–Trinajstić information content (AvgIpc) is 2.77. The smallest absolute Gasteiger partial charge is 0.335 e. The molecule has 3 rings (SSSR count). The van der Waals surface area contributed by atoms with E-state index in [2.05, 4.69) is 0 Å². The van der Waals surface area contributed by atoms with Gasteiger partial charge in [-0.15, -0.1) is 0 Å². The molecule has 2 saturated heterocycles. The Morgan fingerprint density at radius 2 is 1.76 bits per heavy atom. The number of morpholine rings is 1. The number of hydrogen-bond acceptors (Lipinski definition) is 4. The number of sulfonamides is 1. The molecule has 21 heavy (non-hydrogen) atoms. The van der Waals surface area contributed by atoms with Crippen LogP contribution in [0.4, 0.5) is 0 Å². The van der Waals surface area contributed by atoms with E-state index in [4.69, 9.17) is 9.84 Å². The number of fused-ring (bicyclic) bond motifs is 2. The lowest BCUT2D eigenvalue weighted by molar-refractivity contribution is -0.0115. The van der Waals surface area contributed by atoms with E-state index in [0.29, 0.717) is 18.7 Å². The van der Waals surface area contributed by atoms with Gasteiger partial charge in [0.15, 0.2) is 0 Å². The highest BCUT2D eigenvalue weighted by molar-refractivity contribution is 7.88. The zero-order valence-electron chi connectivity index (χ0n) is 11.4. The van der Waals surface area contributed by atoms with E-state index in [1.54, 1.807) is 12.1 Å². The van der Waals surface area contributed by atoms with Crippen molar-refractivity contribution in [3.8, 4) is 0 Å². The highest BCUT2D eigenvalue weighted by Crippen LogP contribution is 2.28. The largest absolute Gasteiger partial charge is 0.478 e.